The third-order valence-corrected chi connectivity index (χ3v) is 6.89. The lowest BCUT2D eigenvalue weighted by atomic mass is 9.91. The first-order valence-electron chi connectivity index (χ1n) is 9.87. The van der Waals surface area contributed by atoms with Gasteiger partial charge in [0.2, 0.25) is 10.0 Å². The molecule has 1 amide bonds. The minimum atomic E-state index is -3.65. The number of anilines is 1. The van der Waals surface area contributed by atoms with Gasteiger partial charge in [-0.05, 0) is 75.1 Å². The lowest BCUT2D eigenvalue weighted by Crippen LogP contribution is -2.18. The van der Waals surface area contributed by atoms with E-state index < -0.39 is 16.0 Å². The molecule has 1 aromatic carbocycles. The molecule has 1 aliphatic heterocycles. The molecule has 0 unspecified atom stereocenters. The highest BCUT2D eigenvalue weighted by atomic mass is 32.2. The van der Waals surface area contributed by atoms with Crippen LogP contribution in [-0.2, 0) is 32.4 Å². The van der Waals surface area contributed by atoms with E-state index in [1.165, 1.54) is 19.2 Å². The summed E-state index contributed by atoms with van der Waals surface area (Å²) in [5, 5.41) is 2.77. The van der Waals surface area contributed by atoms with Crippen LogP contribution in [0, 0.1) is 0 Å². The van der Waals surface area contributed by atoms with Crippen molar-refractivity contribution in [1.29, 1.82) is 0 Å². The molecule has 30 heavy (non-hydrogen) atoms. The Morgan fingerprint density at radius 1 is 1.23 bits per heavy atom. The molecule has 2 aromatic rings. The SMILES string of the molecule is CCOC(=O)c1[nH]c(/C=C2\C(=O)Nc3ccc(S(=O)(=O)NC)cc32)c2c1CCCC2. The Hall–Kier alpha value is -2.91. The Labute approximate surface area is 174 Å². The van der Waals surface area contributed by atoms with Gasteiger partial charge in [0.1, 0.15) is 5.69 Å². The quantitative estimate of drug-likeness (QED) is 0.499. The van der Waals surface area contributed by atoms with Gasteiger partial charge in [-0.25, -0.2) is 17.9 Å². The predicted molar refractivity (Wildman–Crippen MR) is 113 cm³/mol. The van der Waals surface area contributed by atoms with Crippen molar-refractivity contribution >= 4 is 39.2 Å². The second-order valence-corrected chi connectivity index (χ2v) is 9.11. The Kier molecular flexibility index (Phi) is 5.25. The summed E-state index contributed by atoms with van der Waals surface area (Å²) in [6, 6.07) is 4.50. The summed E-state index contributed by atoms with van der Waals surface area (Å²) in [6.45, 7) is 2.04. The Morgan fingerprint density at radius 2 is 1.97 bits per heavy atom. The monoisotopic (exact) mass is 429 g/mol. The number of aromatic amines is 1. The fourth-order valence-corrected chi connectivity index (χ4v) is 4.76. The predicted octanol–water partition coefficient (Wildman–Crippen LogP) is 2.47. The fraction of sp³-hybridized carbons (Fsp3) is 0.333. The van der Waals surface area contributed by atoms with E-state index in [4.69, 9.17) is 4.74 Å². The maximum absolute atomic E-state index is 12.6. The number of sulfonamides is 1. The molecule has 0 spiro atoms. The third kappa shape index (κ3) is 3.44. The summed E-state index contributed by atoms with van der Waals surface area (Å²) < 4.78 is 31.8. The number of nitrogens with one attached hydrogen (secondary N) is 3. The number of carbonyl (C=O) groups is 2. The number of H-pyrrole nitrogens is 1. The van der Waals surface area contributed by atoms with Crippen LogP contribution in [-0.4, -0.2) is 38.9 Å². The standard InChI is InChI=1S/C21H23N3O5S/c1-3-29-21(26)19-14-7-5-4-6-13(14)18(23-19)11-16-15-10-12(30(27,28)22-2)8-9-17(15)24-20(16)25/h8-11,22-23H,3-7H2,1-2H3,(H,24,25)/b16-11-. The van der Waals surface area contributed by atoms with Gasteiger partial charge < -0.3 is 15.0 Å². The van der Waals surface area contributed by atoms with E-state index in [1.54, 1.807) is 19.1 Å². The van der Waals surface area contributed by atoms with Crippen LogP contribution in [0.25, 0.3) is 11.6 Å². The molecule has 1 aromatic heterocycles. The normalized spacial score (nSPS) is 16.9. The number of hydrogen-bond donors (Lipinski definition) is 3. The first-order chi connectivity index (χ1) is 14.4. The molecule has 0 radical (unpaired) electrons. The van der Waals surface area contributed by atoms with Gasteiger partial charge in [-0.2, -0.15) is 0 Å². The molecule has 8 nitrogen and oxygen atoms in total. The summed E-state index contributed by atoms with van der Waals surface area (Å²) >= 11 is 0. The molecule has 0 fully saturated rings. The van der Waals surface area contributed by atoms with Crippen molar-refractivity contribution in [2.45, 2.75) is 37.5 Å². The Morgan fingerprint density at radius 3 is 2.67 bits per heavy atom. The molecule has 0 saturated carbocycles. The second kappa shape index (κ2) is 7.73. The van der Waals surface area contributed by atoms with Crippen molar-refractivity contribution in [2.75, 3.05) is 19.0 Å². The summed E-state index contributed by atoms with van der Waals surface area (Å²) in [7, 11) is -2.31. The summed E-state index contributed by atoms with van der Waals surface area (Å²) in [5.41, 5.74) is 4.48. The number of esters is 1. The molecule has 0 bridgehead atoms. The van der Waals surface area contributed by atoms with Crippen molar-refractivity contribution in [3.8, 4) is 0 Å². The zero-order valence-corrected chi connectivity index (χ0v) is 17.6. The largest absolute Gasteiger partial charge is 0.461 e. The van der Waals surface area contributed by atoms with Crippen LogP contribution in [0.4, 0.5) is 5.69 Å². The van der Waals surface area contributed by atoms with Crippen molar-refractivity contribution in [1.82, 2.24) is 9.71 Å². The van der Waals surface area contributed by atoms with Crippen molar-refractivity contribution < 1.29 is 22.7 Å². The summed E-state index contributed by atoms with van der Waals surface area (Å²) in [5.74, 6) is -0.722. The molecule has 2 aliphatic rings. The van der Waals surface area contributed by atoms with E-state index in [0.29, 0.717) is 28.2 Å². The van der Waals surface area contributed by atoms with Crippen LogP contribution >= 0.6 is 0 Å². The summed E-state index contributed by atoms with van der Waals surface area (Å²) in [4.78, 5) is 28.2. The average molecular weight is 429 g/mol. The van der Waals surface area contributed by atoms with E-state index in [-0.39, 0.29) is 17.4 Å². The maximum atomic E-state index is 12.6. The average Bonchev–Trinajstić information content (AvgIpc) is 3.26. The maximum Gasteiger partial charge on any atom is 0.355 e. The first-order valence-corrected chi connectivity index (χ1v) is 11.4. The lowest BCUT2D eigenvalue weighted by molar-refractivity contribution is -0.110. The minimum Gasteiger partial charge on any atom is -0.461 e. The topological polar surface area (TPSA) is 117 Å². The molecular formula is C21H23N3O5S. The van der Waals surface area contributed by atoms with Crippen molar-refractivity contribution in [3.05, 3.63) is 46.3 Å². The van der Waals surface area contributed by atoms with Crippen LogP contribution in [0.1, 0.15) is 52.6 Å². The van der Waals surface area contributed by atoms with E-state index in [9.17, 15) is 18.0 Å². The smallest absolute Gasteiger partial charge is 0.355 e. The number of carbonyl (C=O) groups excluding carboxylic acids is 2. The van der Waals surface area contributed by atoms with Gasteiger partial charge in [0.25, 0.3) is 5.91 Å². The highest BCUT2D eigenvalue weighted by Gasteiger charge is 2.29. The molecule has 1 aliphatic carbocycles. The van der Waals surface area contributed by atoms with Gasteiger partial charge in [0, 0.05) is 16.9 Å². The summed E-state index contributed by atoms with van der Waals surface area (Å²) in [6.07, 6.45) is 5.26. The number of hydrogen-bond acceptors (Lipinski definition) is 5. The van der Waals surface area contributed by atoms with Gasteiger partial charge in [-0.15, -0.1) is 0 Å². The van der Waals surface area contributed by atoms with Gasteiger partial charge in [-0.1, -0.05) is 0 Å². The van der Waals surface area contributed by atoms with Crippen LogP contribution < -0.4 is 10.0 Å². The number of aromatic nitrogens is 1. The highest BCUT2D eigenvalue weighted by Crippen LogP contribution is 2.37. The van der Waals surface area contributed by atoms with Crippen molar-refractivity contribution in [2.24, 2.45) is 0 Å². The van der Waals surface area contributed by atoms with Gasteiger partial charge in [0.05, 0.1) is 17.1 Å². The Balaban J connectivity index is 1.83. The lowest BCUT2D eigenvalue weighted by Gasteiger charge is -2.13. The molecule has 2 heterocycles. The number of benzene rings is 1. The van der Waals surface area contributed by atoms with Crippen LogP contribution in [0.15, 0.2) is 23.1 Å². The van der Waals surface area contributed by atoms with E-state index in [2.05, 4.69) is 15.0 Å². The number of ether oxygens (including phenoxy) is 1. The van der Waals surface area contributed by atoms with E-state index in [1.807, 2.05) is 0 Å². The second-order valence-electron chi connectivity index (χ2n) is 7.23. The van der Waals surface area contributed by atoms with E-state index >= 15 is 0 Å². The van der Waals surface area contributed by atoms with Crippen LogP contribution in [0.3, 0.4) is 0 Å². The third-order valence-electron chi connectivity index (χ3n) is 5.48. The minimum absolute atomic E-state index is 0.0758. The van der Waals surface area contributed by atoms with Crippen molar-refractivity contribution in [3.63, 3.8) is 0 Å². The van der Waals surface area contributed by atoms with Crippen LogP contribution in [0.2, 0.25) is 0 Å². The first kappa shape index (κ1) is 20.4. The molecule has 158 valence electrons. The number of rotatable bonds is 5. The van der Waals surface area contributed by atoms with Crippen LogP contribution in [0.5, 0.6) is 0 Å². The molecule has 4 rings (SSSR count). The highest BCUT2D eigenvalue weighted by molar-refractivity contribution is 7.89. The van der Waals surface area contributed by atoms with E-state index in [0.717, 1.165) is 36.8 Å². The number of fused-ring (bicyclic) bond motifs is 2. The van der Waals surface area contributed by atoms with Gasteiger partial charge >= 0.3 is 5.97 Å². The number of amides is 1. The molecular weight excluding hydrogens is 406 g/mol. The fourth-order valence-electron chi connectivity index (χ4n) is 4.00. The molecule has 3 N–H and O–H groups in total. The van der Waals surface area contributed by atoms with Gasteiger partial charge in [0.15, 0.2) is 0 Å². The zero-order chi connectivity index (χ0) is 21.5. The zero-order valence-electron chi connectivity index (χ0n) is 16.8. The van der Waals surface area contributed by atoms with Gasteiger partial charge in [-0.3, -0.25) is 4.79 Å². The molecule has 0 atom stereocenters. The molecule has 0 saturated heterocycles. The molecule has 9 heteroatoms. The Bertz CT molecular complexity index is 1180.